The molecule has 0 aliphatic carbocycles. The monoisotopic (exact) mass is 298 g/mol. The summed E-state index contributed by atoms with van der Waals surface area (Å²) >= 11 is 3.39. The van der Waals surface area contributed by atoms with Gasteiger partial charge in [0.1, 0.15) is 5.75 Å². The third kappa shape index (κ3) is 4.50. The van der Waals surface area contributed by atoms with Crippen molar-refractivity contribution in [1.82, 2.24) is 0 Å². The van der Waals surface area contributed by atoms with Crippen LogP contribution in [0.3, 0.4) is 0 Å². The van der Waals surface area contributed by atoms with Gasteiger partial charge in [-0.25, -0.2) is 0 Å². The van der Waals surface area contributed by atoms with Gasteiger partial charge in [0, 0.05) is 10.9 Å². The Labute approximate surface area is 111 Å². The number of Topliss-reactive ketones (excluding diaryl/α,β-unsaturated/α-hetero) is 1. The second kappa shape index (κ2) is 5.67. The Morgan fingerprint density at radius 3 is 2.53 bits per heavy atom. The third-order valence-corrected chi connectivity index (χ3v) is 2.73. The fraction of sp³-hybridized carbons (Fsp3) is 0.500. The number of ketones is 1. The summed E-state index contributed by atoms with van der Waals surface area (Å²) in [6, 6.07) is 5.56. The molecule has 0 spiro atoms. The van der Waals surface area contributed by atoms with Crippen LogP contribution in [0.15, 0.2) is 22.7 Å². The van der Waals surface area contributed by atoms with Gasteiger partial charge in [0.2, 0.25) is 0 Å². The van der Waals surface area contributed by atoms with Crippen LogP contribution in [-0.2, 0) is 0 Å². The van der Waals surface area contributed by atoms with Crippen LogP contribution >= 0.6 is 15.9 Å². The van der Waals surface area contributed by atoms with Gasteiger partial charge in [-0.1, -0.05) is 36.7 Å². The first-order chi connectivity index (χ1) is 7.83. The molecule has 2 nitrogen and oxygen atoms in total. The van der Waals surface area contributed by atoms with E-state index in [9.17, 15) is 4.79 Å². The number of ether oxygens (including phenoxy) is 1. The fourth-order valence-corrected chi connectivity index (χ4v) is 1.94. The smallest absolute Gasteiger partial charge is 0.167 e. The molecule has 0 fully saturated rings. The first-order valence-electron chi connectivity index (χ1n) is 5.79. The molecule has 0 bridgehead atoms. The van der Waals surface area contributed by atoms with E-state index in [1.165, 1.54) is 0 Å². The number of halogens is 1. The molecular formula is C14H19BrO2. The van der Waals surface area contributed by atoms with Crippen molar-refractivity contribution in [2.45, 2.75) is 34.1 Å². The van der Waals surface area contributed by atoms with Crippen LogP contribution in [0.5, 0.6) is 5.75 Å². The lowest BCUT2D eigenvalue weighted by Gasteiger charge is -2.18. The van der Waals surface area contributed by atoms with Crippen molar-refractivity contribution < 1.29 is 9.53 Å². The van der Waals surface area contributed by atoms with Gasteiger partial charge in [0.25, 0.3) is 0 Å². The van der Waals surface area contributed by atoms with Gasteiger partial charge in [-0.05, 0) is 30.5 Å². The van der Waals surface area contributed by atoms with E-state index in [4.69, 9.17) is 4.74 Å². The standard InChI is InChI=1S/C14H19BrO2/c1-5-17-13-7-6-10(15)8-11(13)12(16)9-14(2,3)4/h6-8H,5,9H2,1-4H3. The maximum absolute atomic E-state index is 12.2. The molecule has 17 heavy (non-hydrogen) atoms. The molecule has 3 heteroatoms. The number of hydrogen-bond donors (Lipinski definition) is 0. The maximum Gasteiger partial charge on any atom is 0.167 e. The summed E-state index contributed by atoms with van der Waals surface area (Å²) in [7, 11) is 0. The van der Waals surface area contributed by atoms with E-state index in [1.807, 2.05) is 25.1 Å². The van der Waals surface area contributed by atoms with E-state index in [2.05, 4.69) is 36.7 Å². The number of carbonyl (C=O) groups excluding carboxylic acids is 1. The lowest BCUT2D eigenvalue weighted by Crippen LogP contribution is -2.14. The molecule has 0 heterocycles. The Morgan fingerprint density at radius 2 is 2.00 bits per heavy atom. The number of carbonyl (C=O) groups is 1. The molecule has 1 aromatic carbocycles. The summed E-state index contributed by atoms with van der Waals surface area (Å²) in [4.78, 5) is 12.2. The quantitative estimate of drug-likeness (QED) is 0.767. The van der Waals surface area contributed by atoms with Crippen molar-refractivity contribution >= 4 is 21.7 Å². The van der Waals surface area contributed by atoms with Crippen LogP contribution in [0.2, 0.25) is 0 Å². The Hall–Kier alpha value is -0.830. The highest BCUT2D eigenvalue weighted by atomic mass is 79.9. The highest BCUT2D eigenvalue weighted by Crippen LogP contribution is 2.28. The number of rotatable bonds is 4. The minimum absolute atomic E-state index is 0.0110. The zero-order chi connectivity index (χ0) is 13.1. The Morgan fingerprint density at radius 1 is 1.35 bits per heavy atom. The Kier molecular flexibility index (Phi) is 4.75. The lowest BCUT2D eigenvalue weighted by molar-refractivity contribution is 0.0936. The second-order valence-corrected chi connectivity index (χ2v) is 6.15. The number of hydrogen-bond acceptors (Lipinski definition) is 2. The molecule has 1 rings (SSSR count). The molecule has 0 aromatic heterocycles. The van der Waals surface area contributed by atoms with Crippen LogP contribution in [-0.4, -0.2) is 12.4 Å². The fourth-order valence-electron chi connectivity index (χ4n) is 1.58. The predicted molar refractivity (Wildman–Crippen MR) is 73.7 cm³/mol. The molecule has 0 N–H and O–H groups in total. The van der Waals surface area contributed by atoms with Crippen LogP contribution in [0.4, 0.5) is 0 Å². The van der Waals surface area contributed by atoms with Gasteiger partial charge in [0.05, 0.1) is 12.2 Å². The van der Waals surface area contributed by atoms with E-state index in [1.54, 1.807) is 0 Å². The SMILES string of the molecule is CCOc1ccc(Br)cc1C(=O)CC(C)(C)C. The predicted octanol–water partition coefficient (Wildman–Crippen LogP) is 4.47. The summed E-state index contributed by atoms with van der Waals surface area (Å²) in [5.41, 5.74) is 0.652. The zero-order valence-corrected chi connectivity index (χ0v) is 12.4. The van der Waals surface area contributed by atoms with Crippen molar-refractivity contribution in [3.63, 3.8) is 0 Å². The van der Waals surface area contributed by atoms with Gasteiger partial charge in [-0.3, -0.25) is 4.79 Å². The number of benzene rings is 1. The molecule has 0 aliphatic heterocycles. The maximum atomic E-state index is 12.2. The van der Waals surface area contributed by atoms with Gasteiger partial charge in [0.15, 0.2) is 5.78 Å². The van der Waals surface area contributed by atoms with Gasteiger partial charge in [-0.2, -0.15) is 0 Å². The van der Waals surface area contributed by atoms with Crippen molar-refractivity contribution in [1.29, 1.82) is 0 Å². The Bertz CT molecular complexity index is 405. The third-order valence-electron chi connectivity index (χ3n) is 2.23. The van der Waals surface area contributed by atoms with Crippen LogP contribution in [0.1, 0.15) is 44.5 Å². The average Bonchev–Trinajstić information content (AvgIpc) is 2.18. The highest BCUT2D eigenvalue weighted by molar-refractivity contribution is 9.10. The van der Waals surface area contributed by atoms with Gasteiger partial charge >= 0.3 is 0 Å². The Balaban J connectivity index is 3.02. The van der Waals surface area contributed by atoms with Crippen molar-refractivity contribution in [2.24, 2.45) is 5.41 Å². The van der Waals surface area contributed by atoms with E-state index < -0.39 is 0 Å². The zero-order valence-electron chi connectivity index (χ0n) is 10.8. The minimum atomic E-state index is -0.0110. The molecular weight excluding hydrogens is 280 g/mol. The van der Waals surface area contributed by atoms with Gasteiger partial charge < -0.3 is 4.74 Å². The summed E-state index contributed by atoms with van der Waals surface area (Å²) in [5, 5.41) is 0. The molecule has 94 valence electrons. The van der Waals surface area contributed by atoms with Crippen LogP contribution in [0, 0.1) is 5.41 Å². The van der Waals surface area contributed by atoms with Gasteiger partial charge in [-0.15, -0.1) is 0 Å². The normalized spacial score (nSPS) is 11.4. The summed E-state index contributed by atoms with van der Waals surface area (Å²) in [6.07, 6.45) is 0.517. The largest absolute Gasteiger partial charge is 0.493 e. The van der Waals surface area contributed by atoms with Crippen molar-refractivity contribution in [3.8, 4) is 5.75 Å². The molecule has 0 unspecified atom stereocenters. The second-order valence-electron chi connectivity index (χ2n) is 5.23. The van der Waals surface area contributed by atoms with E-state index in [-0.39, 0.29) is 11.2 Å². The molecule has 0 aliphatic rings. The molecule has 0 saturated heterocycles. The summed E-state index contributed by atoms with van der Waals surface area (Å²) in [5.74, 6) is 0.798. The van der Waals surface area contributed by atoms with E-state index >= 15 is 0 Å². The average molecular weight is 299 g/mol. The highest BCUT2D eigenvalue weighted by Gasteiger charge is 2.20. The first kappa shape index (κ1) is 14.2. The molecule has 0 radical (unpaired) electrons. The molecule has 1 aromatic rings. The van der Waals surface area contributed by atoms with E-state index in [0.717, 1.165) is 4.47 Å². The topological polar surface area (TPSA) is 26.3 Å². The van der Waals surface area contributed by atoms with E-state index in [0.29, 0.717) is 24.3 Å². The lowest BCUT2D eigenvalue weighted by atomic mass is 9.87. The van der Waals surface area contributed by atoms with Crippen LogP contribution in [0.25, 0.3) is 0 Å². The first-order valence-corrected chi connectivity index (χ1v) is 6.58. The van der Waals surface area contributed by atoms with Crippen molar-refractivity contribution in [3.05, 3.63) is 28.2 Å². The summed E-state index contributed by atoms with van der Waals surface area (Å²) in [6.45, 7) is 8.66. The molecule has 0 saturated carbocycles. The minimum Gasteiger partial charge on any atom is -0.493 e. The summed E-state index contributed by atoms with van der Waals surface area (Å²) < 4.78 is 6.39. The molecule has 0 atom stereocenters. The van der Waals surface area contributed by atoms with Crippen molar-refractivity contribution in [2.75, 3.05) is 6.61 Å². The van der Waals surface area contributed by atoms with Crippen LogP contribution < -0.4 is 4.74 Å². The molecule has 0 amide bonds.